The molecule has 2 N–H and O–H groups in total. The van der Waals surface area contributed by atoms with Crippen molar-refractivity contribution in [1.82, 2.24) is 29.8 Å². The van der Waals surface area contributed by atoms with E-state index in [9.17, 15) is 18.0 Å². The van der Waals surface area contributed by atoms with Gasteiger partial charge < -0.3 is 15.5 Å². The summed E-state index contributed by atoms with van der Waals surface area (Å²) >= 11 is 0. The molecule has 226 valence electrons. The number of aromatic nitrogens is 5. The fraction of sp³-hybridized carbons (Fsp3) is 0.188. The number of anilines is 3. The summed E-state index contributed by atoms with van der Waals surface area (Å²) in [5, 5.41) is 6.62. The third kappa shape index (κ3) is 5.53. The fourth-order valence-corrected chi connectivity index (χ4v) is 5.65. The summed E-state index contributed by atoms with van der Waals surface area (Å²) in [4.78, 5) is 37.6. The molecule has 45 heavy (non-hydrogen) atoms. The van der Waals surface area contributed by atoms with Crippen LogP contribution >= 0.6 is 0 Å². The van der Waals surface area contributed by atoms with E-state index in [-0.39, 0.29) is 28.5 Å². The Labute approximate surface area is 255 Å². The van der Waals surface area contributed by atoms with Crippen LogP contribution in [0, 0.1) is 0 Å². The zero-order chi connectivity index (χ0) is 31.0. The maximum Gasteiger partial charge on any atom is 0.418 e. The average molecular weight is 610 g/mol. The summed E-state index contributed by atoms with van der Waals surface area (Å²) in [6.07, 6.45) is 5.63. The van der Waals surface area contributed by atoms with Crippen LogP contribution in [0.5, 0.6) is 0 Å². The zero-order valence-electron chi connectivity index (χ0n) is 23.8. The highest BCUT2D eigenvalue weighted by Crippen LogP contribution is 2.39. The second-order valence-electron chi connectivity index (χ2n) is 10.6. The van der Waals surface area contributed by atoms with E-state index in [0.717, 1.165) is 17.2 Å². The first-order chi connectivity index (χ1) is 21.9. The van der Waals surface area contributed by atoms with E-state index in [1.807, 2.05) is 30.3 Å². The van der Waals surface area contributed by atoms with E-state index in [4.69, 9.17) is 0 Å². The number of rotatable bonds is 5. The summed E-state index contributed by atoms with van der Waals surface area (Å²) in [6, 6.07) is 13.3. The Balaban J connectivity index is 1.32. The van der Waals surface area contributed by atoms with Crippen molar-refractivity contribution in [3.8, 4) is 22.3 Å². The highest BCUT2D eigenvalue weighted by Gasteiger charge is 2.35. The number of fused-ring (bicyclic) bond motifs is 1. The number of aliphatic imine (C=N–C) groups is 1. The smallest absolute Gasteiger partial charge is 0.368 e. The number of nitrogens with one attached hydrogen (secondary N) is 2. The number of piperazine rings is 1. The van der Waals surface area contributed by atoms with Crippen molar-refractivity contribution >= 4 is 34.2 Å². The fourth-order valence-electron chi connectivity index (χ4n) is 5.65. The maximum atomic E-state index is 14.2. The second-order valence-corrected chi connectivity index (χ2v) is 10.6. The molecule has 0 spiro atoms. The molecular formula is C32H26F3N9O. The predicted molar refractivity (Wildman–Crippen MR) is 167 cm³/mol. The van der Waals surface area contributed by atoms with E-state index in [1.165, 1.54) is 17.0 Å². The SMILES string of the molecule is O=c1c(-c2ccccc2-c2cncnc2)cc2cnc(Nc3ccc(N4CCNCC4)c(C(F)(F)F)c3)nc2n1C1=NC=CC1. The number of hydrogen-bond donors (Lipinski definition) is 2. The van der Waals surface area contributed by atoms with Gasteiger partial charge in [-0.05, 0) is 35.4 Å². The monoisotopic (exact) mass is 609 g/mol. The minimum atomic E-state index is -4.56. The van der Waals surface area contributed by atoms with Gasteiger partial charge in [0.05, 0.1) is 5.56 Å². The quantitative estimate of drug-likeness (QED) is 0.278. The van der Waals surface area contributed by atoms with Crippen molar-refractivity contribution in [2.45, 2.75) is 12.6 Å². The van der Waals surface area contributed by atoms with Crippen molar-refractivity contribution < 1.29 is 13.2 Å². The topological polar surface area (TPSA) is 113 Å². The van der Waals surface area contributed by atoms with E-state index < -0.39 is 11.7 Å². The number of hydrogen-bond acceptors (Lipinski definition) is 9. The molecule has 0 bridgehead atoms. The third-order valence-electron chi connectivity index (χ3n) is 7.73. The van der Waals surface area contributed by atoms with Crippen molar-refractivity contribution in [3.05, 3.63) is 102 Å². The molecular weight excluding hydrogens is 583 g/mol. The Hall–Kier alpha value is -5.43. The largest absolute Gasteiger partial charge is 0.418 e. The molecule has 7 rings (SSSR count). The average Bonchev–Trinajstić information content (AvgIpc) is 3.59. The van der Waals surface area contributed by atoms with Gasteiger partial charge in [0.2, 0.25) is 5.95 Å². The van der Waals surface area contributed by atoms with Crippen LogP contribution < -0.4 is 21.1 Å². The molecule has 0 saturated carbocycles. The Morgan fingerprint density at radius 1 is 0.911 bits per heavy atom. The van der Waals surface area contributed by atoms with Crippen LogP contribution in [-0.4, -0.2) is 56.5 Å². The van der Waals surface area contributed by atoms with Crippen LogP contribution in [0.3, 0.4) is 0 Å². The van der Waals surface area contributed by atoms with Crippen LogP contribution in [0.1, 0.15) is 12.0 Å². The van der Waals surface area contributed by atoms with Crippen LogP contribution in [0.25, 0.3) is 33.3 Å². The number of allylic oxidation sites excluding steroid dienone is 1. The highest BCUT2D eigenvalue weighted by molar-refractivity contribution is 5.97. The minimum absolute atomic E-state index is 0.0415. The molecule has 2 aromatic carbocycles. The van der Waals surface area contributed by atoms with Crippen molar-refractivity contribution in [3.63, 3.8) is 0 Å². The molecule has 0 amide bonds. The van der Waals surface area contributed by atoms with Gasteiger partial charge in [-0.3, -0.25) is 4.79 Å². The molecule has 0 unspecified atom stereocenters. The van der Waals surface area contributed by atoms with Gasteiger partial charge >= 0.3 is 6.18 Å². The number of nitrogens with zero attached hydrogens (tertiary/aromatic N) is 7. The second kappa shape index (κ2) is 11.6. The van der Waals surface area contributed by atoms with Gasteiger partial charge in [-0.25, -0.2) is 24.5 Å². The van der Waals surface area contributed by atoms with Crippen LogP contribution in [0.4, 0.5) is 30.5 Å². The van der Waals surface area contributed by atoms with Crippen LogP contribution in [0.2, 0.25) is 0 Å². The summed E-state index contributed by atoms with van der Waals surface area (Å²) in [7, 11) is 0. The van der Waals surface area contributed by atoms with Gasteiger partial charge in [-0.2, -0.15) is 18.2 Å². The van der Waals surface area contributed by atoms with Gasteiger partial charge in [0, 0.05) is 85.3 Å². The lowest BCUT2D eigenvalue weighted by molar-refractivity contribution is -0.137. The van der Waals surface area contributed by atoms with Gasteiger partial charge in [-0.1, -0.05) is 30.3 Å². The first-order valence-electron chi connectivity index (χ1n) is 14.3. The number of halogens is 3. The summed E-state index contributed by atoms with van der Waals surface area (Å²) in [5.74, 6) is 0.511. The van der Waals surface area contributed by atoms with Gasteiger partial charge in [-0.15, -0.1) is 0 Å². The molecule has 1 saturated heterocycles. The number of benzene rings is 2. The van der Waals surface area contributed by atoms with Crippen molar-refractivity contribution in [2.24, 2.45) is 4.99 Å². The summed E-state index contributed by atoms with van der Waals surface area (Å²) < 4.78 is 43.9. The molecule has 0 aliphatic carbocycles. The minimum Gasteiger partial charge on any atom is -0.368 e. The molecule has 0 radical (unpaired) electrons. The molecule has 5 aromatic rings. The molecule has 2 aliphatic heterocycles. The molecule has 1 fully saturated rings. The van der Waals surface area contributed by atoms with Crippen molar-refractivity contribution in [1.29, 1.82) is 0 Å². The lowest BCUT2D eigenvalue weighted by Gasteiger charge is -2.31. The third-order valence-corrected chi connectivity index (χ3v) is 7.73. The zero-order valence-corrected chi connectivity index (χ0v) is 23.8. The molecule has 10 nitrogen and oxygen atoms in total. The molecule has 2 aliphatic rings. The molecule has 5 heterocycles. The normalized spacial score (nSPS) is 15.0. The standard InChI is InChI=1S/C32H26F3N9O/c33-32(34,35)26-15-22(7-8-27(26)43-12-10-36-11-13-43)41-31-40-18-20-14-25(30(45)44(29(20)42-31)28-6-3-9-39-28)24-5-2-1-4-23(24)21-16-37-19-38-17-21/h1-5,7-9,14-19,36H,6,10-13H2,(H,40,41,42). The van der Waals surface area contributed by atoms with Crippen LogP contribution in [-0.2, 0) is 6.18 Å². The lowest BCUT2D eigenvalue weighted by Crippen LogP contribution is -2.44. The number of pyridine rings is 1. The van der Waals surface area contributed by atoms with Crippen LogP contribution in [0.15, 0.2) is 95.5 Å². The van der Waals surface area contributed by atoms with Crippen molar-refractivity contribution in [2.75, 3.05) is 36.4 Å². The summed E-state index contributed by atoms with van der Waals surface area (Å²) in [5.41, 5.74) is 2.08. The van der Waals surface area contributed by atoms with E-state index in [0.29, 0.717) is 54.9 Å². The van der Waals surface area contributed by atoms with E-state index in [1.54, 1.807) is 41.8 Å². The maximum absolute atomic E-state index is 14.2. The Morgan fingerprint density at radius 3 is 2.42 bits per heavy atom. The lowest BCUT2D eigenvalue weighted by atomic mass is 9.96. The number of alkyl halides is 3. The first kappa shape index (κ1) is 28.3. The Morgan fingerprint density at radius 2 is 1.69 bits per heavy atom. The van der Waals surface area contributed by atoms with Gasteiger partial charge in [0.1, 0.15) is 12.2 Å². The Bertz CT molecular complexity index is 2020. The first-order valence-corrected chi connectivity index (χ1v) is 14.3. The van der Waals surface area contributed by atoms with E-state index in [2.05, 4.69) is 35.6 Å². The van der Waals surface area contributed by atoms with Gasteiger partial charge in [0.25, 0.3) is 5.56 Å². The van der Waals surface area contributed by atoms with E-state index >= 15 is 0 Å². The Kier molecular flexibility index (Phi) is 7.29. The molecule has 13 heteroatoms. The predicted octanol–water partition coefficient (Wildman–Crippen LogP) is 5.25. The molecule has 0 atom stereocenters. The summed E-state index contributed by atoms with van der Waals surface area (Å²) in [6.45, 7) is 2.18. The van der Waals surface area contributed by atoms with Gasteiger partial charge in [0.15, 0.2) is 5.65 Å². The molecule has 3 aromatic heterocycles. The highest BCUT2D eigenvalue weighted by atomic mass is 19.4.